The maximum atomic E-state index is 12.7. The first-order valence-corrected chi connectivity index (χ1v) is 9.09. The Labute approximate surface area is 160 Å². The number of nitrogens with zero attached hydrogens (tertiary/aromatic N) is 2. The molecule has 6 nitrogen and oxygen atoms in total. The number of hydrogen-bond donors (Lipinski definition) is 2. The third-order valence-electron chi connectivity index (χ3n) is 4.11. The van der Waals surface area contributed by atoms with Gasteiger partial charge >= 0.3 is 0 Å². The number of aromatic nitrogens is 2. The van der Waals surface area contributed by atoms with Crippen molar-refractivity contribution < 1.29 is 9.59 Å². The minimum atomic E-state index is -0.666. The first-order valence-electron chi connectivity index (χ1n) is 9.09. The minimum Gasteiger partial charge on any atom is -0.340 e. The molecule has 6 heteroatoms. The number of benzene rings is 1. The summed E-state index contributed by atoms with van der Waals surface area (Å²) in [6.45, 7) is 11.8. The zero-order valence-electron chi connectivity index (χ0n) is 16.8. The monoisotopic (exact) mass is 368 g/mol. The molecule has 2 aromatic rings. The Hall–Kier alpha value is -2.76. The van der Waals surface area contributed by atoms with Gasteiger partial charge < -0.3 is 10.6 Å². The van der Waals surface area contributed by atoms with Gasteiger partial charge in [0.25, 0.3) is 5.91 Å². The van der Waals surface area contributed by atoms with Crippen molar-refractivity contribution in [3.63, 3.8) is 0 Å². The van der Waals surface area contributed by atoms with Crippen molar-refractivity contribution in [1.29, 1.82) is 0 Å². The number of rotatable bonds is 5. The zero-order valence-corrected chi connectivity index (χ0v) is 16.8. The van der Waals surface area contributed by atoms with E-state index in [0.29, 0.717) is 17.1 Å². The molecule has 27 heavy (non-hydrogen) atoms. The fourth-order valence-corrected chi connectivity index (χ4v) is 2.55. The number of carbonyl (C=O) groups is 2. The predicted molar refractivity (Wildman–Crippen MR) is 107 cm³/mol. The fourth-order valence-electron chi connectivity index (χ4n) is 2.55. The van der Waals surface area contributed by atoms with E-state index in [0.717, 1.165) is 5.56 Å². The highest BCUT2D eigenvalue weighted by Gasteiger charge is 2.25. The van der Waals surface area contributed by atoms with Crippen LogP contribution in [0, 0.1) is 12.8 Å². The first-order chi connectivity index (χ1) is 12.6. The van der Waals surface area contributed by atoms with Crippen molar-refractivity contribution in [3.8, 4) is 0 Å². The molecule has 0 spiro atoms. The van der Waals surface area contributed by atoms with Crippen LogP contribution in [0.25, 0.3) is 0 Å². The van der Waals surface area contributed by atoms with Crippen LogP contribution in [0.5, 0.6) is 0 Å². The van der Waals surface area contributed by atoms with Gasteiger partial charge in [0.15, 0.2) is 0 Å². The average molecular weight is 368 g/mol. The summed E-state index contributed by atoms with van der Waals surface area (Å²) in [7, 11) is 0. The molecule has 0 aliphatic carbocycles. The van der Waals surface area contributed by atoms with Gasteiger partial charge in [0.1, 0.15) is 11.9 Å². The number of carbonyl (C=O) groups excluding carboxylic acids is 2. The van der Waals surface area contributed by atoms with Crippen molar-refractivity contribution in [3.05, 3.63) is 53.6 Å². The van der Waals surface area contributed by atoms with Crippen molar-refractivity contribution >= 4 is 17.5 Å². The molecule has 1 atom stereocenters. The average Bonchev–Trinajstić information content (AvgIpc) is 2.58. The van der Waals surface area contributed by atoms with Crippen LogP contribution in [-0.4, -0.2) is 27.8 Å². The number of nitrogens with one attached hydrogen (secondary N) is 2. The largest absolute Gasteiger partial charge is 0.340 e. The second kappa shape index (κ2) is 8.29. The molecule has 1 unspecified atom stereocenters. The second-order valence-corrected chi connectivity index (χ2v) is 8.10. The van der Waals surface area contributed by atoms with Gasteiger partial charge in [-0.25, -0.2) is 9.97 Å². The maximum absolute atomic E-state index is 12.7. The lowest BCUT2D eigenvalue weighted by atomic mass is 9.96. The van der Waals surface area contributed by atoms with E-state index in [1.54, 1.807) is 24.5 Å². The summed E-state index contributed by atoms with van der Waals surface area (Å²) in [5.41, 5.74) is 1.86. The van der Waals surface area contributed by atoms with Crippen molar-refractivity contribution in [2.24, 2.45) is 5.92 Å². The molecule has 0 bridgehead atoms. The lowest BCUT2D eigenvalue weighted by Gasteiger charge is -2.22. The van der Waals surface area contributed by atoms with E-state index in [-0.39, 0.29) is 23.1 Å². The zero-order chi connectivity index (χ0) is 20.2. The standard InChI is InChI=1S/C21H28N4O2/c1-13(2)17(25-18(26)15-9-7-8-14(3)10-15)19(27)24-16-11-22-20(23-12-16)21(4,5)6/h7-13,17H,1-6H3,(H,24,27)(H,25,26). The molecule has 0 aliphatic heterocycles. The quantitative estimate of drug-likeness (QED) is 0.846. The second-order valence-electron chi connectivity index (χ2n) is 8.10. The Morgan fingerprint density at radius 2 is 1.70 bits per heavy atom. The van der Waals surface area contributed by atoms with Crippen LogP contribution in [0.15, 0.2) is 36.7 Å². The van der Waals surface area contributed by atoms with Crippen LogP contribution in [-0.2, 0) is 10.2 Å². The molecule has 2 N–H and O–H groups in total. The van der Waals surface area contributed by atoms with Gasteiger partial charge in [-0.1, -0.05) is 52.3 Å². The van der Waals surface area contributed by atoms with Crippen LogP contribution >= 0.6 is 0 Å². The van der Waals surface area contributed by atoms with Crippen LogP contribution in [0.2, 0.25) is 0 Å². The van der Waals surface area contributed by atoms with E-state index in [1.165, 1.54) is 0 Å². The number of amides is 2. The SMILES string of the molecule is Cc1cccc(C(=O)NC(C(=O)Nc2cnc(C(C)(C)C)nc2)C(C)C)c1. The van der Waals surface area contributed by atoms with E-state index in [1.807, 2.05) is 53.7 Å². The van der Waals surface area contributed by atoms with Gasteiger partial charge in [0.2, 0.25) is 5.91 Å². The van der Waals surface area contributed by atoms with E-state index in [9.17, 15) is 9.59 Å². The summed E-state index contributed by atoms with van der Waals surface area (Å²) in [5, 5.41) is 5.62. The van der Waals surface area contributed by atoms with Crippen molar-refractivity contribution in [2.75, 3.05) is 5.32 Å². The highest BCUT2D eigenvalue weighted by molar-refractivity contribution is 6.01. The first kappa shape index (κ1) is 20.6. The smallest absolute Gasteiger partial charge is 0.251 e. The summed E-state index contributed by atoms with van der Waals surface area (Å²) in [5.74, 6) is 0.0622. The van der Waals surface area contributed by atoms with Crippen molar-refractivity contribution in [1.82, 2.24) is 15.3 Å². The van der Waals surface area contributed by atoms with E-state index < -0.39 is 6.04 Å². The van der Waals surface area contributed by atoms with Gasteiger partial charge in [-0.2, -0.15) is 0 Å². The number of hydrogen-bond acceptors (Lipinski definition) is 4. The molecule has 2 rings (SSSR count). The molecule has 0 aliphatic rings. The number of anilines is 1. The Kier molecular flexibility index (Phi) is 6.31. The summed E-state index contributed by atoms with van der Waals surface area (Å²) >= 11 is 0. The third-order valence-corrected chi connectivity index (χ3v) is 4.11. The normalized spacial score (nSPS) is 12.6. The Bertz CT molecular complexity index is 808. The molecule has 1 heterocycles. The highest BCUT2D eigenvalue weighted by Crippen LogP contribution is 2.18. The third kappa shape index (κ3) is 5.61. The van der Waals surface area contributed by atoms with E-state index in [2.05, 4.69) is 20.6 Å². The molecule has 2 amide bonds. The van der Waals surface area contributed by atoms with Gasteiger partial charge in [0.05, 0.1) is 18.1 Å². The lowest BCUT2D eigenvalue weighted by molar-refractivity contribution is -0.118. The molecule has 0 radical (unpaired) electrons. The summed E-state index contributed by atoms with van der Waals surface area (Å²) in [6.07, 6.45) is 3.18. The highest BCUT2D eigenvalue weighted by atomic mass is 16.2. The Morgan fingerprint density at radius 1 is 1.07 bits per heavy atom. The fraction of sp³-hybridized carbons (Fsp3) is 0.429. The molecule has 144 valence electrons. The molecule has 0 saturated heterocycles. The van der Waals surface area contributed by atoms with Crippen LogP contribution < -0.4 is 10.6 Å². The van der Waals surface area contributed by atoms with Crippen LogP contribution in [0.4, 0.5) is 5.69 Å². The lowest BCUT2D eigenvalue weighted by Crippen LogP contribution is -2.47. The van der Waals surface area contributed by atoms with Gasteiger partial charge in [-0.3, -0.25) is 9.59 Å². The molecule has 0 fully saturated rings. The van der Waals surface area contributed by atoms with Crippen molar-refractivity contribution in [2.45, 2.75) is 53.0 Å². The topological polar surface area (TPSA) is 84.0 Å². The molecule has 1 aromatic heterocycles. The molecular formula is C21H28N4O2. The van der Waals surface area contributed by atoms with Gasteiger partial charge in [-0.15, -0.1) is 0 Å². The predicted octanol–water partition coefficient (Wildman–Crippen LogP) is 3.48. The Balaban J connectivity index is 2.09. The van der Waals surface area contributed by atoms with Crippen LogP contribution in [0.1, 0.15) is 56.4 Å². The van der Waals surface area contributed by atoms with Crippen LogP contribution in [0.3, 0.4) is 0 Å². The number of aryl methyl sites for hydroxylation is 1. The van der Waals surface area contributed by atoms with E-state index in [4.69, 9.17) is 0 Å². The van der Waals surface area contributed by atoms with Gasteiger partial charge in [0, 0.05) is 11.0 Å². The molecule has 0 saturated carbocycles. The molecular weight excluding hydrogens is 340 g/mol. The Morgan fingerprint density at radius 3 is 2.22 bits per heavy atom. The van der Waals surface area contributed by atoms with E-state index >= 15 is 0 Å². The summed E-state index contributed by atoms with van der Waals surface area (Å²) in [4.78, 5) is 33.8. The minimum absolute atomic E-state index is 0.0754. The molecule has 1 aromatic carbocycles. The summed E-state index contributed by atoms with van der Waals surface area (Å²) in [6, 6.07) is 6.61. The summed E-state index contributed by atoms with van der Waals surface area (Å²) < 4.78 is 0. The van der Waals surface area contributed by atoms with Gasteiger partial charge in [-0.05, 0) is 25.0 Å². The maximum Gasteiger partial charge on any atom is 0.251 e.